The van der Waals surface area contributed by atoms with Crippen molar-refractivity contribution in [2.45, 2.75) is 38.6 Å². The number of benzene rings is 2. The van der Waals surface area contributed by atoms with Gasteiger partial charge in [-0.05, 0) is 55.5 Å². The molecule has 1 unspecified atom stereocenters. The Morgan fingerprint density at radius 1 is 1.17 bits per heavy atom. The lowest BCUT2D eigenvalue weighted by Gasteiger charge is -2.45. The summed E-state index contributed by atoms with van der Waals surface area (Å²) in [5, 5.41) is 26.1. The number of nitrogens with one attached hydrogen (secondary N) is 1. The van der Waals surface area contributed by atoms with Crippen molar-refractivity contribution < 1.29 is 9.85 Å². The van der Waals surface area contributed by atoms with E-state index >= 15 is 0 Å². The predicted molar refractivity (Wildman–Crippen MR) is 113 cm³/mol. The van der Waals surface area contributed by atoms with Crippen molar-refractivity contribution in [1.29, 1.82) is 0 Å². The molecular formula is C20H23N5O4. The van der Waals surface area contributed by atoms with Crippen molar-refractivity contribution in [1.82, 2.24) is 0 Å². The van der Waals surface area contributed by atoms with Gasteiger partial charge < -0.3 is 4.90 Å². The van der Waals surface area contributed by atoms with Crippen LogP contribution in [0.2, 0.25) is 0 Å². The number of rotatable bonds is 5. The molecule has 152 valence electrons. The number of non-ortho nitro benzene ring substituents is 1. The van der Waals surface area contributed by atoms with Crippen molar-refractivity contribution in [3.63, 3.8) is 0 Å². The highest BCUT2D eigenvalue weighted by Gasteiger charge is 2.33. The molecule has 1 aliphatic rings. The Bertz CT molecular complexity index is 1000. The van der Waals surface area contributed by atoms with Crippen LogP contribution in [0.1, 0.15) is 44.2 Å². The fraction of sp³-hybridized carbons (Fsp3) is 0.350. The minimum absolute atomic E-state index is 0.0818. The minimum atomic E-state index is -0.678. The van der Waals surface area contributed by atoms with Gasteiger partial charge in [-0.25, -0.2) is 0 Å². The SMILES string of the molecule is CC1CC(C)(C)N(C)c2ccc(/C=N/Nc3ccc([N+](=O)[O-])cc3[N+](=O)[O-])cc21. The summed E-state index contributed by atoms with van der Waals surface area (Å²) < 4.78 is 0. The molecule has 2 aromatic rings. The van der Waals surface area contributed by atoms with Gasteiger partial charge in [0.05, 0.1) is 22.1 Å². The highest BCUT2D eigenvalue weighted by Crippen LogP contribution is 2.42. The van der Waals surface area contributed by atoms with E-state index in [1.54, 1.807) is 6.21 Å². The maximum atomic E-state index is 11.2. The molecule has 0 bridgehead atoms. The molecule has 1 aliphatic heterocycles. The van der Waals surface area contributed by atoms with Crippen LogP contribution in [-0.4, -0.2) is 28.6 Å². The van der Waals surface area contributed by atoms with Gasteiger partial charge in [0.15, 0.2) is 0 Å². The van der Waals surface area contributed by atoms with E-state index in [9.17, 15) is 20.2 Å². The third kappa shape index (κ3) is 4.03. The molecular weight excluding hydrogens is 374 g/mol. The number of nitro benzene ring substituents is 2. The lowest BCUT2D eigenvalue weighted by molar-refractivity contribution is -0.393. The third-order valence-electron chi connectivity index (χ3n) is 5.45. The first kappa shape index (κ1) is 20.2. The maximum absolute atomic E-state index is 11.2. The van der Waals surface area contributed by atoms with E-state index < -0.39 is 15.5 Å². The number of anilines is 2. The lowest BCUT2D eigenvalue weighted by atomic mass is 9.80. The fourth-order valence-electron chi connectivity index (χ4n) is 3.73. The summed E-state index contributed by atoms with van der Waals surface area (Å²) in [4.78, 5) is 22.9. The summed E-state index contributed by atoms with van der Waals surface area (Å²) in [5.41, 5.74) is 5.32. The van der Waals surface area contributed by atoms with Crippen LogP contribution in [0.3, 0.4) is 0 Å². The molecule has 9 heteroatoms. The molecule has 1 atom stereocenters. The molecule has 2 aromatic carbocycles. The summed E-state index contributed by atoms with van der Waals surface area (Å²) in [6.07, 6.45) is 2.61. The first-order valence-corrected chi connectivity index (χ1v) is 9.20. The molecule has 0 radical (unpaired) electrons. The normalized spacial score (nSPS) is 17.8. The zero-order chi connectivity index (χ0) is 21.3. The molecule has 1 N–H and O–H groups in total. The first-order chi connectivity index (χ1) is 13.6. The molecule has 0 amide bonds. The van der Waals surface area contributed by atoms with Crippen LogP contribution in [0.5, 0.6) is 0 Å². The Hall–Kier alpha value is -3.49. The second-order valence-electron chi connectivity index (χ2n) is 7.88. The highest BCUT2D eigenvalue weighted by atomic mass is 16.6. The van der Waals surface area contributed by atoms with E-state index in [2.05, 4.69) is 55.4 Å². The van der Waals surface area contributed by atoms with Crippen molar-refractivity contribution in [3.8, 4) is 0 Å². The Labute approximate surface area is 168 Å². The molecule has 29 heavy (non-hydrogen) atoms. The Morgan fingerprint density at radius 2 is 1.90 bits per heavy atom. The molecule has 1 heterocycles. The topological polar surface area (TPSA) is 114 Å². The van der Waals surface area contributed by atoms with Gasteiger partial charge in [0.1, 0.15) is 5.69 Å². The van der Waals surface area contributed by atoms with E-state index in [0.717, 1.165) is 18.1 Å². The lowest BCUT2D eigenvalue weighted by Crippen LogP contribution is -2.45. The third-order valence-corrected chi connectivity index (χ3v) is 5.45. The van der Waals surface area contributed by atoms with Gasteiger partial charge in [0.25, 0.3) is 5.69 Å². The van der Waals surface area contributed by atoms with Gasteiger partial charge in [-0.2, -0.15) is 5.10 Å². The van der Waals surface area contributed by atoms with E-state index in [1.165, 1.54) is 23.4 Å². The van der Waals surface area contributed by atoms with Gasteiger partial charge in [-0.1, -0.05) is 13.0 Å². The second-order valence-corrected chi connectivity index (χ2v) is 7.88. The van der Waals surface area contributed by atoms with E-state index in [1.807, 2.05) is 6.07 Å². The van der Waals surface area contributed by atoms with Gasteiger partial charge in [-0.3, -0.25) is 25.7 Å². The Kier molecular flexibility index (Phi) is 5.23. The molecule has 3 rings (SSSR count). The van der Waals surface area contributed by atoms with Crippen LogP contribution in [0, 0.1) is 20.2 Å². The van der Waals surface area contributed by atoms with E-state index in [0.29, 0.717) is 5.92 Å². The molecule has 0 saturated heterocycles. The summed E-state index contributed by atoms with van der Waals surface area (Å²) >= 11 is 0. The fourth-order valence-corrected chi connectivity index (χ4v) is 3.73. The number of fused-ring (bicyclic) bond motifs is 1. The zero-order valence-corrected chi connectivity index (χ0v) is 16.7. The number of hydrogen-bond acceptors (Lipinski definition) is 7. The first-order valence-electron chi connectivity index (χ1n) is 9.20. The van der Waals surface area contributed by atoms with Crippen LogP contribution in [0.4, 0.5) is 22.7 Å². The van der Waals surface area contributed by atoms with Crippen molar-refractivity contribution >= 4 is 29.0 Å². The summed E-state index contributed by atoms with van der Waals surface area (Å²) in [6, 6.07) is 9.46. The molecule has 0 spiro atoms. The van der Waals surface area contributed by atoms with Crippen LogP contribution in [-0.2, 0) is 0 Å². The Morgan fingerprint density at radius 3 is 2.55 bits per heavy atom. The van der Waals surface area contributed by atoms with Crippen molar-refractivity contribution in [2.24, 2.45) is 5.10 Å². The van der Waals surface area contributed by atoms with Gasteiger partial charge in [0.2, 0.25) is 0 Å². The standard InChI is InChI=1S/C20H23N5O4/c1-13-11-20(2,3)23(4)18-8-5-14(9-16(13)18)12-21-22-17-7-6-15(24(26)27)10-19(17)25(28)29/h5-10,12-13,22H,11H2,1-4H3/b21-12+. The second kappa shape index (κ2) is 7.50. The largest absolute Gasteiger partial charge is 0.369 e. The average Bonchev–Trinajstić information content (AvgIpc) is 2.66. The smallest absolute Gasteiger partial charge is 0.301 e. The van der Waals surface area contributed by atoms with Gasteiger partial charge in [0, 0.05) is 24.3 Å². The molecule has 0 saturated carbocycles. The highest BCUT2D eigenvalue weighted by molar-refractivity contribution is 5.82. The quantitative estimate of drug-likeness (QED) is 0.445. The number of nitrogens with zero attached hydrogens (tertiary/aromatic N) is 4. The number of hydrogen-bond donors (Lipinski definition) is 1. The average molecular weight is 397 g/mol. The van der Waals surface area contributed by atoms with Crippen LogP contribution >= 0.6 is 0 Å². The summed E-state index contributed by atoms with van der Waals surface area (Å²) in [5.74, 6) is 0.397. The molecule has 0 aromatic heterocycles. The number of nitro groups is 2. The predicted octanol–water partition coefficient (Wildman–Crippen LogP) is 4.67. The van der Waals surface area contributed by atoms with Gasteiger partial charge >= 0.3 is 5.69 Å². The minimum Gasteiger partial charge on any atom is -0.369 e. The Balaban J connectivity index is 1.83. The van der Waals surface area contributed by atoms with E-state index in [-0.39, 0.29) is 16.9 Å². The van der Waals surface area contributed by atoms with Gasteiger partial charge in [-0.15, -0.1) is 0 Å². The molecule has 9 nitrogen and oxygen atoms in total. The summed E-state index contributed by atoms with van der Waals surface area (Å²) in [7, 11) is 2.09. The van der Waals surface area contributed by atoms with Crippen LogP contribution in [0.15, 0.2) is 41.5 Å². The van der Waals surface area contributed by atoms with Crippen molar-refractivity contribution in [2.75, 3.05) is 17.4 Å². The monoisotopic (exact) mass is 397 g/mol. The van der Waals surface area contributed by atoms with Crippen LogP contribution in [0.25, 0.3) is 0 Å². The summed E-state index contributed by atoms with van der Waals surface area (Å²) in [6.45, 7) is 6.65. The van der Waals surface area contributed by atoms with E-state index in [4.69, 9.17) is 0 Å². The zero-order valence-electron chi connectivity index (χ0n) is 16.7. The molecule has 0 aliphatic carbocycles. The van der Waals surface area contributed by atoms with Crippen LogP contribution < -0.4 is 10.3 Å². The number of hydrazone groups is 1. The molecule has 0 fully saturated rings. The maximum Gasteiger partial charge on any atom is 0.301 e. The van der Waals surface area contributed by atoms with Crippen molar-refractivity contribution in [3.05, 3.63) is 67.8 Å².